The molecule has 6 N–H and O–H groups in total. The molecule has 1 fully saturated rings. The lowest BCUT2D eigenvalue weighted by atomic mass is 9.94. The van der Waals surface area contributed by atoms with E-state index in [2.05, 4.69) is 10.3 Å². The van der Waals surface area contributed by atoms with Crippen molar-refractivity contribution < 1.29 is 52.3 Å². The van der Waals surface area contributed by atoms with E-state index >= 15 is 0 Å². The minimum Gasteiger partial charge on any atom is -0.385 e. The second kappa shape index (κ2) is 7.99. The van der Waals surface area contributed by atoms with Crippen LogP contribution in [0.5, 0.6) is 0 Å². The number of hydrogen-bond acceptors (Lipinski definition) is 7. The van der Waals surface area contributed by atoms with Crippen LogP contribution in [0, 0.1) is 11.6 Å². The topological polar surface area (TPSA) is 157 Å². The smallest absolute Gasteiger partial charge is 0.267 e. The molecule has 6 atom stereocenters. The van der Waals surface area contributed by atoms with Crippen LogP contribution in [0.25, 0.3) is 43.6 Å². The van der Waals surface area contributed by atoms with Crippen LogP contribution in [-0.4, -0.2) is 72.3 Å². The van der Waals surface area contributed by atoms with Gasteiger partial charge < -0.3 is 34.7 Å². The van der Waals surface area contributed by atoms with Gasteiger partial charge in [0.25, 0.3) is 17.7 Å². The Bertz CT molecular complexity index is 1950. The van der Waals surface area contributed by atoms with E-state index in [0.29, 0.717) is 5.52 Å². The van der Waals surface area contributed by atoms with Crippen molar-refractivity contribution in [2.24, 2.45) is 0 Å². The lowest BCUT2D eigenvalue weighted by Gasteiger charge is -2.44. The number of nitrogens with zero attached hydrogens (tertiary/aromatic N) is 1. The highest BCUT2D eigenvalue weighted by Crippen LogP contribution is 2.47. The van der Waals surface area contributed by atoms with Gasteiger partial charge in [-0.05, 0) is 36.4 Å². The van der Waals surface area contributed by atoms with E-state index in [9.17, 15) is 47.6 Å². The molecule has 2 amide bonds. The van der Waals surface area contributed by atoms with Gasteiger partial charge in [0.1, 0.15) is 23.8 Å². The van der Waals surface area contributed by atoms with Gasteiger partial charge in [-0.3, -0.25) is 14.9 Å². The zero-order chi connectivity index (χ0) is 28.4. The molecular weight excluding hydrogens is 542 g/mol. The number of ether oxygens (including phenoxy) is 1. The zero-order valence-corrected chi connectivity index (χ0v) is 19.8. The van der Waals surface area contributed by atoms with Gasteiger partial charge in [0.15, 0.2) is 12.3 Å². The second-order valence-corrected chi connectivity index (χ2v) is 9.84. The molecule has 206 valence electrons. The van der Waals surface area contributed by atoms with Gasteiger partial charge in [-0.2, -0.15) is 0 Å². The summed E-state index contributed by atoms with van der Waals surface area (Å²) in [6, 6.07) is 6.89. The third-order valence-corrected chi connectivity index (χ3v) is 7.61. The van der Waals surface area contributed by atoms with Crippen molar-refractivity contribution in [3.8, 4) is 0 Å². The molecule has 10 nitrogen and oxygen atoms in total. The molecule has 4 heterocycles. The number of halogens is 4. The van der Waals surface area contributed by atoms with Crippen molar-refractivity contribution in [1.82, 2.24) is 14.9 Å². The highest BCUT2D eigenvalue weighted by molar-refractivity contribution is 6.39. The van der Waals surface area contributed by atoms with Crippen molar-refractivity contribution in [3.05, 3.63) is 59.2 Å². The van der Waals surface area contributed by atoms with Gasteiger partial charge in [0.2, 0.25) is 6.36 Å². The van der Waals surface area contributed by atoms with Crippen LogP contribution < -0.4 is 5.32 Å². The summed E-state index contributed by atoms with van der Waals surface area (Å²) in [5.41, 5.74) is 0.0511. The number of aliphatic hydroxyl groups excluding tert-OH is 3. The van der Waals surface area contributed by atoms with Crippen LogP contribution in [0.1, 0.15) is 26.9 Å². The Morgan fingerprint density at radius 1 is 0.975 bits per heavy atom. The number of hydrogen-bond donors (Lipinski definition) is 6. The van der Waals surface area contributed by atoms with Crippen LogP contribution >= 0.6 is 0 Å². The van der Waals surface area contributed by atoms with Crippen molar-refractivity contribution in [2.45, 2.75) is 36.8 Å². The minimum atomic E-state index is -3.92. The first-order chi connectivity index (χ1) is 18.9. The van der Waals surface area contributed by atoms with Crippen LogP contribution in [0.4, 0.5) is 17.6 Å². The summed E-state index contributed by atoms with van der Waals surface area (Å²) in [5, 5.41) is 43.3. The van der Waals surface area contributed by atoms with Gasteiger partial charge in [-0.1, -0.05) is 0 Å². The second-order valence-electron chi connectivity index (χ2n) is 9.84. The van der Waals surface area contributed by atoms with E-state index in [-0.39, 0.29) is 49.2 Å². The molecule has 2 aliphatic heterocycles. The molecule has 3 aromatic carbocycles. The van der Waals surface area contributed by atoms with Gasteiger partial charge in [-0.15, -0.1) is 0 Å². The molecule has 0 saturated carbocycles. The third kappa shape index (κ3) is 3.04. The molecule has 2 aromatic heterocycles. The number of aromatic amines is 1. The summed E-state index contributed by atoms with van der Waals surface area (Å²) < 4.78 is 64.2. The Morgan fingerprint density at radius 3 is 2.27 bits per heavy atom. The molecule has 7 rings (SSSR count). The van der Waals surface area contributed by atoms with Gasteiger partial charge in [0.05, 0.1) is 27.7 Å². The van der Waals surface area contributed by atoms with Gasteiger partial charge in [-0.25, -0.2) is 17.6 Å². The first-order valence-electron chi connectivity index (χ1n) is 11.9. The predicted octanol–water partition coefficient (Wildman–Crippen LogP) is 2.16. The van der Waals surface area contributed by atoms with E-state index in [1.807, 2.05) is 0 Å². The number of carbonyl (C=O) groups excluding carboxylic acids is 2. The number of benzene rings is 3. The lowest BCUT2D eigenvalue weighted by Crippen LogP contribution is -2.64. The molecular formula is C26H17F4N3O7. The quantitative estimate of drug-likeness (QED) is 0.143. The Balaban J connectivity index is 1.70. The summed E-state index contributed by atoms with van der Waals surface area (Å²) in [4.78, 5) is 29.1. The van der Waals surface area contributed by atoms with Crippen LogP contribution in [-0.2, 0) is 4.74 Å². The van der Waals surface area contributed by atoms with Crippen molar-refractivity contribution in [2.75, 3.05) is 0 Å². The average molecular weight is 559 g/mol. The average Bonchev–Trinajstić information content (AvgIpc) is 3.51. The number of fused-ring (bicyclic) bond motifs is 10. The minimum absolute atomic E-state index is 0.0175. The number of imide groups is 1. The molecule has 0 aliphatic carbocycles. The van der Waals surface area contributed by atoms with E-state index in [0.717, 1.165) is 28.8 Å². The molecule has 40 heavy (non-hydrogen) atoms. The fraction of sp³-hybridized carbons (Fsp3) is 0.231. The van der Waals surface area contributed by atoms with Crippen LogP contribution in [0.2, 0.25) is 0 Å². The number of nitrogens with one attached hydrogen (secondary N) is 2. The third-order valence-electron chi connectivity index (χ3n) is 7.61. The number of amides is 2. The summed E-state index contributed by atoms with van der Waals surface area (Å²) in [5.74, 6) is -7.01. The van der Waals surface area contributed by atoms with Crippen molar-refractivity contribution >= 4 is 55.4 Å². The van der Waals surface area contributed by atoms with Gasteiger partial charge in [0, 0.05) is 27.1 Å². The summed E-state index contributed by atoms with van der Waals surface area (Å²) in [6.07, 6.45) is -12.8. The summed E-state index contributed by atoms with van der Waals surface area (Å²) >= 11 is 0. The fourth-order valence-electron chi connectivity index (χ4n) is 5.94. The highest BCUT2D eigenvalue weighted by atomic mass is 19.2. The monoisotopic (exact) mass is 559 g/mol. The predicted molar refractivity (Wildman–Crippen MR) is 130 cm³/mol. The zero-order valence-electron chi connectivity index (χ0n) is 19.8. The van der Waals surface area contributed by atoms with E-state index in [4.69, 9.17) is 4.74 Å². The Hall–Kier alpha value is -4.08. The number of H-pyrrole nitrogens is 1. The summed E-state index contributed by atoms with van der Waals surface area (Å²) in [7, 11) is 0. The maximum Gasteiger partial charge on any atom is 0.267 e. The standard InChI is InChI=1S/C26H17F4N3O7/c27-7-1-3-11-9(5-7)13-15-16(24(38)32-23(15)37)14-10-6-8(28)2-4-12(10)33(18(14)17(13)31-11)25-19(34)20(35)26(30,39)21(40-25)22(29)36/h1-6,19-22,25,31,34-36,39H,(H,32,37,38)/t19-,20-,21-,22?,25?,26+/m1/s1. The molecule has 0 radical (unpaired) electrons. The maximum atomic E-state index is 14.9. The molecule has 0 bridgehead atoms. The first kappa shape index (κ1) is 24.9. The van der Waals surface area contributed by atoms with Crippen LogP contribution in [0.3, 0.4) is 0 Å². The molecule has 1 saturated heterocycles. The molecule has 14 heteroatoms. The number of aromatic nitrogens is 2. The van der Waals surface area contributed by atoms with E-state index in [1.165, 1.54) is 12.1 Å². The SMILES string of the molecule is O=C1NC(=O)c2c1c1c3cc(F)ccc3[nH]c1c1c2c2cc(F)ccc2n1C1O[C@H](C(O)F)[C@](O)(F)[C@H](O)[C@H]1O. The number of aliphatic hydroxyl groups is 4. The number of alkyl halides is 2. The Kier molecular flexibility index (Phi) is 4.98. The lowest BCUT2D eigenvalue weighted by molar-refractivity contribution is -0.355. The molecule has 5 aromatic rings. The maximum absolute atomic E-state index is 14.9. The van der Waals surface area contributed by atoms with Crippen LogP contribution in [0.15, 0.2) is 36.4 Å². The highest BCUT2D eigenvalue weighted by Gasteiger charge is 2.59. The number of rotatable bonds is 2. The largest absolute Gasteiger partial charge is 0.385 e. The Labute approximate surface area is 219 Å². The Morgan fingerprint density at radius 2 is 1.60 bits per heavy atom. The number of carbonyl (C=O) groups is 2. The molecule has 2 unspecified atom stereocenters. The van der Waals surface area contributed by atoms with E-state index < -0.39 is 60.2 Å². The van der Waals surface area contributed by atoms with Crippen molar-refractivity contribution in [1.29, 1.82) is 0 Å². The normalized spacial score (nSPS) is 27.7. The summed E-state index contributed by atoms with van der Waals surface area (Å²) in [6.45, 7) is 0. The van der Waals surface area contributed by atoms with E-state index in [1.54, 1.807) is 0 Å². The fourth-order valence-corrected chi connectivity index (χ4v) is 5.94. The first-order valence-corrected chi connectivity index (χ1v) is 11.9. The molecule has 0 spiro atoms. The van der Waals surface area contributed by atoms with Gasteiger partial charge >= 0.3 is 0 Å². The van der Waals surface area contributed by atoms with Crippen molar-refractivity contribution in [3.63, 3.8) is 0 Å². The molecule has 2 aliphatic rings.